The fraction of sp³-hybridized carbons (Fsp3) is 0.500. The fourth-order valence-electron chi connectivity index (χ4n) is 2.81. The number of aromatic amines is 1. The molecule has 0 saturated carbocycles. The Morgan fingerprint density at radius 1 is 1.23 bits per heavy atom. The summed E-state index contributed by atoms with van der Waals surface area (Å²) < 4.78 is 0. The second-order valence-corrected chi connectivity index (χ2v) is 6.72. The van der Waals surface area contributed by atoms with Crippen molar-refractivity contribution in [3.8, 4) is 0 Å². The second kappa shape index (κ2) is 9.85. The number of aromatic nitrogens is 1. The molecule has 6 nitrogen and oxygen atoms in total. The van der Waals surface area contributed by atoms with Gasteiger partial charge in [0.05, 0.1) is 0 Å². The lowest BCUT2D eigenvalue weighted by molar-refractivity contribution is -0.127. The highest BCUT2D eigenvalue weighted by Crippen LogP contribution is 2.22. The fourth-order valence-corrected chi connectivity index (χ4v) is 2.81. The number of nitrogens with one attached hydrogen (secondary N) is 3. The molecule has 1 aromatic carbocycles. The van der Waals surface area contributed by atoms with Gasteiger partial charge in [-0.3, -0.25) is 4.79 Å². The van der Waals surface area contributed by atoms with Crippen LogP contribution in [-0.4, -0.2) is 55.5 Å². The molecule has 142 valence electrons. The average Bonchev–Trinajstić information content (AvgIpc) is 3.03. The van der Waals surface area contributed by atoms with E-state index >= 15 is 0 Å². The molecule has 26 heavy (non-hydrogen) atoms. The van der Waals surface area contributed by atoms with E-state index in [4.69, 9.17) is 0 Å². The van der Waals surface area contributed by atoms with Gasteiger partial charge in [0.25, 0.3) is 0 Å². The van der Waals surface area contributed by atoms with Gasteiger partial charge in [-0.2, -0.15) is 0 Å². The summed E-state index contributed by atoms with van der Waals surface area (Å²) in [5.41, 5.74) is 3.75. The van der Waals surface area contributed by atoms with Crippen molar-refractivity contribution >= 4 is 22.8 Å². The number of unbranched alkanes of at least 4 members (excludes halogenated alkanes) is 1. The summed E-state index contributed by atoms with van der Waals surface area (Å²) in [5.74, 6) is 0.694. The van der Waals surface area contributed by atoms with Gasteiger partial charge in [0, 0.05) is 44.3 Å². The molecule has 0 unspecified atom stereocenters. The molecule has 1 aromatic heterocycles. The normalized spacial score (nSPS) is 11.6. The number of carbonyl (C=O) groups excluding carboxylic acids is 1. The number of hydrogen-bond donors (Lipinski definition) is 3. The average molecular weight is 358 g/mol. The van der Waals surface area contributed by atoms with Crippen molar-refractivity contribution in [2.45, 2.75) is 33.1 Å². The molecule has 6 heteroatoms. The van der Waals surface area contributed by atoms with Crippen LogP contribution in [-0.2, 0) is 11.2 Å². The van der Waals surface area contributed by atoms with Crippen molar-refractivity contribution in [3.05, 3.63) is 35.5 Å². The molecule has 1 heterocycles. The summed E-state index contributed by atoms with van der Waals surface area (Å²) in [5, 5.41) is 7.95. The Morgan fingerprint density at radius 2 is 2.00 bits per heavy atom. The van der Waals surface area contributed by atoms with Crippen molar-refractivity contribution in [1.82, 2.24) is 20.5 Å². The predicted molar refractivity (Wildman–Crippen MR) is 109 cm³/mol. The van der Waals surface area contributed by atoms with Crippen LogP contribution in [0.5, 0.6) is 0 Å². The molecular weight excluding hydrogens is 326 g/mol. The zero-order valence-corrected chi connectivity index (χ0v) is 16.4. The predicted octanol–water partition coefficient (Wildman–Crippen LogP) is 2.44. The number of nitrogens with zero attached hydrogens (tertiary/aromatic N) is 2. The SMILES string of the molecule is CCCCNC(=NCC(=O)N(C)C)NCCc1c[nH]c2cccc(C)c12. The van der Waals surface area contributed by atoms with E-state index in [-0.39, 0.29) is 12.5 Å². The van der Waals surface area contributed by atoms with E-state index in [0.29, 0.717) is 5.96 Å². The maximum Gasteiger partial charge on any atom is 0.243 e. The lowest BCUT2D eigenvalue weighted by Gasteiger charge is -2.13. The molecule has 0 aliphatic carbocycles. The third kappa shape index (κ3) is 5.51. The number of aliphatic imine (C=N–C) groups is 1. The molecule has 0 bridgehead atoms. The van der Waals surface area contributed by atoms with Crippen molar-refractivity contribution < 1.29 is 4.79 Å². The topological polar surface area (TPSA) is 72.5 Å². The van der Waals surface area contributed by atoms with Crippen molar-refractivity contribution in [2.75, 3.05) is 33.7 Å². The molecule has 0 aliphatic rings. The van der Waals surface area contributed by atoms with E-state index in [0.717, 1.165) is 32.4 Å². The van der Waals surface area contributed by atoms with E-state index in [1.54, 1.807) is 19.0 Å². The number of carbonyl (C=O) groups is 1. The highest BCUT2D eigenvalue weighted by Gasteiger charge is 2.07. The van der Waals surface area contributed by atoms with Gasteiger partial charge in [-0.15, -0.1) is 0 Å². The minimum absolute atomic E-state index is 0.00570. The standard InChI is InChI=1S/C20H31N5O/c1-5-6-11-21-20(24-14-18(26)25(3)4)22-12-10-16-13-23-17-9-7-8-15(2)19(16)17/h7-9,13,23H,5-6,10-12,14H2,1-4H3,(H2,21,22,24). The van der Waals surface area contributed by atoms with Gasteiger partial charge in [0.2, 0.25) is 5.91 Å². The van der Waals surface area contributed by atoms with E-state index in [9.17, 15) is 4.79 Å². The summed E-state index contributed by atoms with van der Waals surface area (Å²) in [7, 11) is 3.49. The lowest BCUT2D eigenvalue weighted by Crippen LogP contribution is -2.40. The van der Waals surface area contributed by atoms with E-state index < -0.39 is 0 Å². The monoisotopic (exact) mass is 357 g/mol. The van der Waals surface area contributed by atoms with Crippen LogP contribution < -0.4 is 10.6 Å². The maximum atomic E-state index is 11.8. The van der Waals surface area contributed by atoms with Gasteiger partial charge >= 0.3 is 0 Å². The zero-order valence-electron chi connectivity index (χ0n) is 16.4. The number of benzene rings is 1. The second-order valence-electron chi connectivity index (χ2n) is 6.72. The number of rotatable bonds is 8. The van der Waals surface area contributed by atoms with Crippen LogP contribution in [0.2, 0.25) is 0 Å². The molecule has 0 fully saturated rings. The van der Waals surface area contributed by atoms with E-state index in [1.807, 2.05) is 0 Å². The third-order valence-electron chi connectivity index (χ3n) is 4.38. The largest absolute Gasteiger partial charge is 0.361 e. The van der Waals surface area contributed by atoms with Crippen LogP contribution in [0.3, 0.4) is 0 Å². The van der Waals surface area contributed by atoms with Crippen LogP contribution >= 0.6 is 0 Å². The van der Waals surface area contributed by atoms with Crippen LogP contribution in [0, 0.1) is 6.92 Å². The molecule has 0 spiro atoms. The molecular formula is C20H31N5O. The first kappa shape index (κ1) is 19.8. The van der Waals surface area contributed by atoms with Gasteiger partial charge in [0.1, 0.15) is 6.54 Å². The van der Waals surface area contributed by atoms with Gasteiger partial charge in [-0.1, -0.05) is 25.5 Å². The number of H-pyrrole nitrogens is 1. The Hall–Kier alpha value is -2.50. The first-order chi connectivity index (χ1) is 12.5. The molecule has 0 aliphatic heterocycles. The summed E-state index contributed by atoms with van der Waals surface area (Å²) in [4.78, 5) is 21.1. The lowest BCUT2D eigenvalue weighted by atomic mass is 10.1. The smallest absolute Gasteiger partial charge is 0.243 e. The highest BCUT2D eigenvalue weighted by molar-refractivity contribution is 5.87. The maximum absolute atomic E-state index is 11.8. The molecule has 2 aromatic rings. The number of aryl methyl sites for hydroxylation is 1. The first-order valence-corrected chi connectivity index (χ1v) is 9.30. The number of guanidine groups is 1. The Bertz CT molecular complexity index is 748. The van der Waals surface area contributed by atoms with Crippen LogP contribution in [0.4, 0.5) is 0 Å². The van der Waals surface area contributed by atoms with E-state index in [1.165, 1.54) is 22.0 Å². The molecule has 3 N–H and O–H groups in total. The Morgan fingerprint density at radius 3 is 2.73 bits per heavy atom. The number of amides is 1. The molecule has 1 amide bonds. The summed E-state index contributed by atoms with van der Waals surface area (Å²) >= 11 is 0. The van der Waals surface area contributed by atoms with Crippen molar-refractivity contribution in [3.63, 3.8) is 0 Å². The quantitative estimate of drug-likeness (QED) is 0.386. The summed E-state index contributed by atoms with van der Waals surface area (Å²) in [6, 6.07) is 6.31. The minimum atomic E-state index is -0.00570. The van der Waals surface area contributed by atoms with Crippen molar-refractivity contribution in [2.24, 2.45) is 4.99 Å². The van der Waals surface area contributed by atoms with Gasteiger partial charge < -0.3 is 20.5 Å². The molecule has 2 rings (SSSR count). The zero-order chi connectivity index (χ0) is 18.9. The number of likely N-dealkylation sites (N-methyl/N-ethyl adjacent to an activating group) is 1. The molecule has 0 radical (unpaired) electrons. The Kier molecular flexibility index (Phi) is 7.51. The van der Waals surface area contributed by atoms with Gasteiger partial charge in [-0.25, -0.2) is 4.99 Å². The Labute approximate surface area is 156 Å². The van der Waals surface area contributed by atoms with Gasteiger partial charge in [0.15, 0.2) is 5.96 Å². The van der Waals surface area contributed by atoms with Crippen LogP contribution in [0.15, 0.2) is 29.4 Å². The highest BCUT2D eigenvalue weighted by atomic mass is 16.2. The number of hydrogen-bond acceptors (Lipinski definition) is 2. The molecule has 0 atom stereocenters. The number of fused-ring (bicyclic) bond motifs is 1. The van der Waals surface area contributed by atoms with E-state index in [2.05, 4.69) is 58.9 Å². The third-order valence-corrected chi connectivity index (χ3v) is 4.38. The summed E-state index contributed by atoms with van der Waals surface area (Å²) in [6.45, 7) is 6.06. The minimum Gasteiger partial charge on any atom is -0.361 e. The first-order valence-electron chi connectivity index (χ1n) is 9.30. The molecule has 0 saturated heterocycles. The van der Waals surface area contributed by atoms with Crippen LogP contribution in [0.25, 0.3) is 10.9 Å². The summed E-state index contributed by atoms with van der Waals surface area (Å²) in [6.07, 6.45) is 5.16. The van der Waals surface area contributed by atoms with Crippen molar-refractivity contribution in [1.29, 1.82) is 0 Å². The Balaban J connectivity index is 1.96. The van der Waals surface area contributed by atoms with Gasteiger partial charge in [-0.05, 0) is 37.0 Å². The van der Waals surface area contributed by atoms with Crippen LogP contribution in [0.1, 0.15) is 30.9 Å².